The van der Waals surface area contributed by atoms with Gasteiger partial charge >= 0.3 is 0 Å². The summed E-state index contributed by atoms with van der Waals surface area (Å²) in [5, 5.41) is 3.98. The third-order valence-corrected chi connectivity index (χ3v) is 5.72. The summed E-state index contributed by atoms with van der Waals surface area (Å²) in [6.45, 7) is 7.86. The molecule has 0 unspecified atom stereocenters. The predicted octanol–water partition coefficient (Wildman–Crippen LogP) is 4.40. The second-order valence-corrected chi connectivity index (χ2v) is 7.62. The van der Waals surface area contributed by atoms with Crippen LogP contribution >= 0.6 is 0 Å². The first-order valence-electron chi connectivity index (χ1n) is 9.78. The van der Waals surface area contributed by atoms with E-state index >= 15 is 0 Å². The summed E-state index contributed by atoms with van der Waals surface area (Å²) in [5.74, 6) is 1.72. The van der Waals surface area contributed by atoms with Crippen LogP contribution in [0.2, 0.25) is 0 Å². The Balaban J connectivity index is 1.49. The largest absolute Gasteiger partial charge is 0.361 e. The van der Waals surface area contributed by atoms with E-state index < -0.39 is 0 Å². The third-order valence-electron chi connectivity index (χ3n) is 5.72. The number of hydrogen-bond acceptors (Lipinski definition) is 3. The number of aryl methyl sites for hydroxylation is 4. The Hall–Kier alpha value is -2.10. The van der Waals surface area contributed by atoms with E-state index in [1.54, 1.807) is 0 Å². The number of benzene rings is 1. The molecule has 1 aliphatic rings. The predicted molar refractivity (Wildman–Crippen MR) is 103 cm³/mol. The molecule has 140 valence electrons. The molecule has 2 heterocycles. The molecule has 0 radical (unpaired) electrons. The highest BCUT2D eigenvalue weighted by molar-refractivity contribution is 5.76. The second-order valence-electron chi connectivity index (χ2n) is 7.62. The molecule has 0 saturated carbocycles. The summed E-state index contributed by atoms with van der Waals surface area (Å²) in [6, 6.07) is 8.62. The van der Waals surface area contributed by atoms with Crippen molar-refractivity contribution in [3.05, 3.63) is 52.4 Å². The molecule has 0 bridgehead atoms. The zero-order chi connectivity index (χ0) is 18.5. The van der Waals surface area contributed by atoms with Crippen LogP contribution in [0.3, 0.4) is 0 Å². The molecule has 1 saturated heterocycles. The van der Waals surface area contributed by atoms with Crippen molar-refractivity contribution in [2.45, 2.75) is 59.3 Å². The van der Waals surface area contributed by atoms with E-state index in [0.29, 0.717) is 12.3 Å². The topological polar surface area (TPSA) is 46.3 Å². The number of hydrogen-bond donors (Lipinski definition) is 0. The Kier molecular flexibility index (Phi) is 6.12. The number of rotatable bonds is 6. The number of carbonyl (C=O) groups excluding carboxylic acids is 1. The monoisotopic (exact) mass is 354 g/mol. The average Bonchev–Trinajstić information content (AvgIpc) is 2.97. The number of likely N-dealkylation sites (tertiary alicyclic amines) is 1. The molecule has 1 amide bonds. The van der Waals surface area contributed by atoms with Crippen molar-refractivity contribution >= 4 is 5.91 Å². The summed E-state index contributed by atoms with van der Waals surface area (Å²) in [7, 11) is 0. The van der Waals surface area contributed by atoms with Crippen LogP contribution in [0.25, 0.3) is 0 Å². The van der Waals surface area contributed by atoms with Gasteiger partial charge in [0.05, 0.1) is 5.69 Å². The highest BCUT2D eigenvalue weighted by atomic mass is 16.5. The summed E-state index contributed by atoms with van der Waals surface area (Å²) in [6.07, 6.45) is 5.91. The second kappa shape index (κ2) is 8.52. The van der Waals surface area contributed by atoms with Crippen LogP contribution in [0.1, 0.15) is 53.8 Å². The van der Waals surface area contributed by atoms with Crippen LogP contribution < -0.4 is 0 Å². The number of carbonyl (C=O) groups is 1. The normalized spacial score (nSPS) is 17.5. The molecule has 0 aliphatic carbocycles. The van der Waals surface area contributed by atoms with Crippen molar-refractivity contribution in [3.8, 4) is 0 Å². The van der Waals surface area contributed by atoms with E-state index in [9.17, 15) is 4.79 Å². The van der Waals surface area contributed by atoms with Gasteiger partial charge in [-0.1, -0.05) is 29.4 Å². The molecule has 1 aliphatic heterocycles. The smallest absolute Gasteiger partial charge is 0.222 e. The summed E-state index contributed by atoms with van der Waals surface area (Å²) < 4.78 is 5.20. The zero-order valence-corrected chi connectivity index (χ0v) is 16.3. The van der Waals surface area contributed by atoms with Gasteiger partial charge < -0.3 is 9.42 Å². The lowest BCUT2D eigenvalue weighted by molar-refractivity contribution is -0.133. The number of aromatic nitrogens is 1. The quantitative estimate of drug-likeness (QED) is 0.772. The Labute approximate surface area is 156 Å². The first-order valence-corrected chi connectivity index (χ1v) is 9.78. The Morgan fingerprint density at radius 2 is 2.04 bits per heavy atom. The van der Waals surface area contributed by atoms with E-state index in [1.165, 1.54) is 24.0 Å². The molecular weight excluding hydrogens is 324 g/mol. The molecule has 0 spiro atoms. The molecule has 3 rings (SSSR count). The minimum atomic E-state index is 0.269. The maximum absolute atomic E-state index is 12.7. The van der Waals surface area contributed by atoms with Gasteiger partial charge in [0.15, 0.2) is 0 Å². The Morgan fingerprint density at radius 1 is 1.23 bits per heavy atom. The molecule has 0 N–H and O–H groups in total. The number of nitrogens with zero attached hydrogens (tertiary/aromatic N) is 2. The van der Waals surface area contributed by atoms with Gasteiger partial charge in [-0.25, -0.2) is 0 Å². The average molecular weight is 354 g/mol. The molecule has 2 aromatic rings. The fraction of sp³-hybridized carbons (Fsp3) is 0.545. The maximum Gasteiger partial charge on any atom is 0.222 e. The van der Waals surface area contributed by atoms with Gasteiger partial charge in [0, 0.05) is 25.1 Å². The fourth-order valence-corrected chi connectivity index (χ4v) is 4.03. The highest BCUT2D eigenvalue weighted by Gasteiger charge is 2.24. The van der Waals surface area contributed by atoms with Gasteiger partial charge in [-0.3, -0.25) is 4.79 Å². The van der Waals surface area contributed by atoms with Crippen molar-refractivity contribution in [3.63, 3.8) is 0 Å². The maximum atomic E-state index is 12.7. The molecule has 26 heavy (non-hydrogen) atoms. The Morgan fingerprint density at radius 3 is 2.77 bits per heavy atom. The van der Waals surface area contributed by atoms with Crippen molar-refractivity contribution in [1.29, 1.82) is 0 Å². The van der Waals surface area contributed by atoms with Gasteiger partial charge in [0.1, 0.15) is 5.76 Å². The van der Waals surface area contributed by atoms with Crippen LogP contribution in [-0.2, 0) is 17.6 Å². The van der Waals surface area contributed by atoms with Crippen LogP contribution in [0.4, 0.5) is 0 Å². The van der Waals surface area contributed by atoms with Crippen LogP contribution in [0.5, 0.6) is 0 Å². The Bertz CT molecular complexity index is 731. The lowest BCUT2D eigenvalue weighted by atomic mass is 9.90. The highest BCUT2D eigenvalue weighted by Crippen LogP contribution is 2.23. The van der Waals surface area contributed by atoms with E-state index in [-0.39, 0.29) is 5.91 Å². The van der Waals surface area contributed by atoms with Crippen LogP contribution in [0.15, 0.2) is 28.8 Å². The van der Waals surface area contributed by atoms with Gasteiger partial charge in [-0.2, -0.15) is 0 Å². The van der Waals surface area contributed by atoms with E-state index in [4.69, 9.17) is 4.52 Å². The van der Waals surface area contributed by atoms with Crippen molar-refractivity contribution in [2.24, 2.45) is 5.92 Å². The molecule has 1 aromatic carbocycles. The molecular formula is C22H30N2O2. The standard InChI is InChI=1S/C22H30N2O2/c1-16-7-4-5-9-20(16)11-10-19-8-6-14-24(15-19)22(25)13-12-21-17(2)23-26-18(21)3/h4-5,7,9,19H,6,8,10-15H2,1-3H3/t19-/m1/s1. The fourth-order valence-electron chi connectivity index (χ4n) is 4.03. The van der Waals surface area contributed by atoms with Crippen LogP contribution in [-0.4, -0.2) is 29.1 Å². The summed E-state index contributed by atoms with van der Waals surface area (Å²) in [4.78, 5) is 14.7. The number of amides is 1. The van der Waals surface area contributed by atoms with Crippen molar-refractivity contribution in [2.75, 3.05) is 13.1 Å². The first kappa shape index (κ1) is 18.7. The van der Waals surface area contributed by atoms with Crippen LogP contribution in [0, 0.1) is 26.7 Å². The minimum Gasteiger partial charge on any atom is -0.361 e. The van der Waals surface area contributed by atoms with Gasteiger partial charge in [-0.05, 0) is 69.9 Å². The lowest BCUT2D eigenvalue weighted by Crippen LogP contribution is -2.40. The minimum absolute atomic E-state index is 0.269. The molecule has 1 fully saturated rings. The zero-order valence-electron chi connectivity index (χ0n) is 16.3. The molecule has 1 atom stereocenters. The lowest BCUT2D eigenvalue weighted by Gasteiger charge is -2.33. The number of piperidine rings is 1. The SMILES string of the molecule is Cc1ccccc1CC[C@H]1CCCN(C(=O)CCc2c(C)noc2C)C1. The van der Waals surface area contributed by atoms with Gasteiger partial charge in [0.2, 0.25) is 5.91 Å². The van der Waals surface area contributed by atoms with E-state index in [2.05, 4.69) is 41.2 Å². The molecule has 4 nitrogen and oxygen atoms in total. The van der Waals surface area contributed by atoms with Crippen molar-refractivity contribution < 1.29 is 9.32 Å². The first-order chi connectivity index (χ1) is 12.5. The third kappa shape index (κ3) is 4.54. The van der Waals surface area contributed by atoms with Gasteiger partial charge in [0.25, 0.3) is 0 Å². The van der Waals surface area contributed by atoms with Crippen molar-refractivity contribution in [1.82, 2.24) is 10.1 Å². The summed E-state index contributed by atoms with van der Waals surface area (Å²) in [5.41, 5.74) is 4.81. The van der Waals surface area contributed by atoms with E-state index in [1.807, 2.05) is 13.8 Å². The van der Waals surface area contributed by atoms with E-state index in [0.717, 1.165) is 49.4 Å². The molecule has 4 heteroatoms. The molecule has 1 aromatic heterocycles. The van der Waals surface area contributed by atoms with Gasteiger partial charge in [-0.15, -0.1) is 0 Å². The summed E-state index contributed by atoms with van der Waals surface area (Å²) >= 11 is 0.